The van der Waals surface area contributed by atoms with Crippen molar-refractivity contribution in [3.8, 4) is 0 Å². The highest BCUT2D eigenvalue weighted by Gasteiger charge is 2.44. The van der Waals surface area contributed by atoms with Gasteiger partial charge in [0.1, 0.15) is 0 Å². The fraction of sp³-hybridized carbons (Fsp3) is 0.333. The molecule has 3 rings (SSSR count). The van der Waals surface area contributed by atoms with E-state index in [4.69, 9.17) is 23.2 Å². The van der Waals surface area contributed by atoms with Crippen molar-refractivity contribution in [3.05, 3.63) is 33.3 Å². The summed E-state index contributed by atoms with van der Waals surface area (Å²) in [6.45, 7) is 0.707. The number of nitrogens with zero attached hydrogens (tertiary/aromatic N) is 1. The highest BCUT2D eigenvalue weighted by atomic mass is 35.5. The molecule has 5 heteroatoms. The molecule has 0 aromatic heterocycles. The lowest BCUT2D eigenvalue weighted by Crippen LogP contribution is -2.42. The number of fused-ring (bicyclic) bond motifs is 2. The van der Waals surface area contributed by atoms with Crippen molar-refractivity contribution in [2.75, 3.05) is 6.54 Å². The van der Waals surface area contributed by atoms with E-state index in [1.165, 1.54) is 0 Å². The molecular formula is C12H10Cl2N2O. The fourth-order valence-electron chi connectivity index (χ4n) is 2.60. The van der Waals surface area contributed by atoms with Crippen LogP contribution in [-0.4, -0.2) is 18.7 Å². The topological polar surface area (TPSA) is 41.5 Å². The van der Waals surface area contributed by atoms with E-state index >= 15 is 0 Å². The number of rotatable bonds is 0. The Labute approximate surface area is 109 Å². The van der Waals surface area contributed by atoms with E-state index in [-0.39, 0.29) is 11.4 Å². The molecule has 1 spiro atoms. The molecule has 1 unspecified atom stereocenters. The molecule has 0 aliphatic carbocycles. The fourth-order valence-corrected chi connectivity index (χ4v) is 3.27. The second-order valence-corrected chi connectivity index (χ2v) is 5.23. The van der Waals surface area contributed by atoms with Gasteiger partial charge in [-0.1, -0.05) is 23.2 Å². The van der Waals surface area contributed by atoms with Crippen LogP contribution in [0.25, 0.3) is 0 Å². The van der Waals surface area contributed by atoms with Gasteiger partial charge in [-0.15, -0.1) is 0 Å². The van der Waals surface area contributed by atoms with Crippen LogP contribution in [0.4, 0.5) is 0 Å². The van der Waals surface area contributed by atoms with E-state index in [1.807, 2.05) is 6.21 Å². The van der Waals surface area contributed by atoms with Gasteiger partial charge in [0.05, 0.1) is 5.54 Å². The number of benzene rings is 1. The standard InChI is InChI=1S/C12H10Cl2N2O/c13-7-5-8-10(9(14)6-7)12(16-11(8)17)1-3-15-4-2-12/h3,5-6H,1-2,4H2,(H,16,17). The highest BCUT2D eigenvalue weighted by molar-refractivity contribution is 6.36. The summed E-state index contributed by atoms with van der Waals surface area (Å²) in [5.41, 5.74) is 1.09. The largest absolute Gasteiger partial charge is 0.342 e. The monoisotopic (exact) mass is 268 g/mol. The molecule has 2 heterocycles. The number of halogens is 2. The van der Waals surface area contributed by atoms with Gasteiger partial charge in [-0.2, -0.15) is 0 Å². The molecule has 0 bridgehead atoms. The highest BCUT2D eigenvalue weighted by Crippen LogP contribution is 2.43. The predicted molar refractivity (Wildman–Crippen MR) is 68.2 cm³/mol. The molecule has 0 radical (unpaired) electrons. The molecule has 2 aliphatic heterocycles. The van der Waals surface area contributed by atoms with Gasteiger partial charge in [0.15, 0.2) is 0 Å². The van der Waals surface area contributed by atoms with Gasteiger partial charge < -0.3 is 5.32 Å². The minimum absolute atomic E-state index is 0.0975. The molecule has 1 atom stereocenters. The first-order chi connectivity index (χ1) is 8.12. The Balaban J connectivity index is 2.22. The van der Waals surface area contributed by atoms with Crippen LogP contribution in [0.3, 0.4) is 0 Å². The average molecular weight is 269 g/mol. The minimum atomic E-state index is -0.379. The van der Waals surface area contributed by atoms with E-state index in [9.17, 15) is 4.79 Å². The minimum Gasteiger partial charge on any atom is -0.342 e. The van der Waals surface area contributed by atoms with Gasteiger partial charge in [-0.25, -0.2) is 0 Å². The number of carbonyl (C=O) groups is 1. The van der Waals surface area contributed by atoms with Crippen molar-refractivity contribution < 1.29 is 4.79 Å². The van der Waals surface area contributed by atoms with Crippen molar-refractivity contribution in [2.45, 2.75) is 18.4 Å². The zero-order valence-corrected chi connectivity index (χ0v) is 10.5. The quantitative estimate of drug-likeness (QED) is 0.773. The van der Waals surface area contributed by atoms with Crippen LogP contribution in [-0.2, 0) is 5.54 Å². The molecule has 0 saturated heterocycles. The zero-order valence-electron chi connectivity index (χ0n) is 8.96. The smallest absolute Gasteiger partial charge is 0.252 e. The number of hydrogen-bond donors (Lipinski definition) is 1. The first-order valence-corrected chi connectivity index (χ1v) is 6.18. The summed E-state index contributed by atoms with van der Waals surface area (Å²) >= 11 is 12.2. The number of aliphatic imine (C=N–C) groups is 1. The summed E-state index contributed by atoms with van der Waals surface area (Å²) in [4.78, 5) is 16.2. The van der Waals surface area contributed by atoms with Crippen molar-refractivity contribution in [2.24, 2.45) is 4.99 Å². The summed E-state index contributed by atoms with van der Waals surface area (Å²) in [6, 6.07) is 3.37. The van der Waals surface area contributed by atoms with Crippen LogP contribution in [0.15, 0.2) is 17.1 Å². The Kier molecular flexibility index (Phi) is 2.42. The third-order valence-electron chi connectivity index (χ3n) is 3.37. The lowest BCUT2D eigenvalue weighted by Gasteiger charge is -2.31. The van der Waals surface area contributed by atoms with Crippen molar-refractivity contribution >= 4 is 35.3 Å². The maximum absolute atomic E-state index is 12.0. The Morgan fingerprint density at radius 1 is 1.35 bits per heavy atom. The zero-order chi connectivity index (χ0) is 12.0. The van der Waals surface area contributed by atoms with Crippen LogP contribution in [0.5, 0.6) is 0 Å². The summed E-state index contributed by atoms with van der Waals surface area (Å²) in [6.07, 6.45) is 3.32. The van der Waals surface area contributed by atoms with Crippen molar-refractivity contribution in [3.63, 3.8) is 0 Å². The SMILES string of the molecule is O=C1NC2(CC=NCC2)c2c(Cl)cc(Cl)cc21. The Bertz CT molecular complexity index is 542. The van der Waals surface area contributed by atoms with Gasteiger partial charge in [-0.05, 0) is 18.6 Å². The van der Waals surface area contributed by atoms with Crippen LogP contribution in [0, 0.1) is 0 Å². The predicted octanol–water partition coefficient (Wildman–Crippen LogP) is 2.80. The van der Waals surface area contributed by atoms with Crippen LogP contribution < -0.4 is 5.32 Å². The third-order valence-corrected chi connectivity index (χ3v) is 3.88. The lowest BCUT2D eigenvalue weighted by atomic mass is 9.83. The first kappa shape index (κ1) is 11.1. The van der Waals surface area contributed by atoms with Gasteiger partial charge >= 0.3 is 0 Å². The molecule has 0 saturated carbocycles. The molecule has 3 nitrogen and oxygen atoms in total. The number of hydrogen-bond acceptors (Lipinski definition) is 2. The molecule has 17 heavy (non-hydrogen) atoms. The molecule has 88 valence electrons. The molecular weight excluding hydrogens is 259 g/mol. The van der Waals surface area contributed by atoms with Gasteiger partial charge in [0, 0.05) is 40.4 Å². The number of amides is 1. The van der Waals surface area contributed by atoms with Crippen LogP contribution >= 0.6 is 23.2 Å². The van der Waals surface area contributed by atoms with Crippen molar-refractivity contribution in [1.29, 1.82) is 0 Å². The molecule has 1 aromatic rings. The van der Waals surface area contributed by atoms with E-state index in [0.717, 1.165) is 12.0 Å². The van der Waals surface area contributed by atoms with E-state index in [0.29, 0.717) is 28.6 Å². The summed E-state index contributed by atoms with van der Waals surface area (Å²) in [5, 5.41) is 4.08. The summed E-state index contributed by atoms with van der Waals surface area (Å²) in [5.74, 6) is -0.0975. The van der Waals surface area contributed by atoms with Gasteiger partial charge in [0.25, 0.3) is 5.91 Å². The Morgan fingerprint density at radius 3 is 2.88 bits per heavy atom. The normalized spacial score (nSPS) is 26.1. The summed E-state index contributed by atoms with van der Waals surface area (Å²) < 4.78 is 0. The van der Waals surface area contributed by atoms with E-state index in [1.54, 1.807) is 12.1 Å². The molecule has 0 fully saturated rings. The maximum Gasteiger partial charge on any atom is 0.252 e. The molecule has 1 N–H and O–H groups in total. The van der Waals surface area contributed by atoms with Gasteiger partial charge in [-0.3, -0.25) is 9.79 Å². The molecule has 1 amide bonds. The third kappa shape index (κ3) is 1.57. The number of carbonyl (C=O) groups excluding carboxylic acids is 1. The van der Waals surface area contributed by atoms with Crippen molar-refractivity contribution in [1.82, 2.24) is 5.32 Å². The molecule has 2 aliphatic rings. The second kappa shape index (κ2) is 3.72. The molecule has 1 aromatic carbocycles. The van der Waals surface area contributed by atoms with Crippen LogP contribution in [0.2, 0.25) is 10.0 Å². The Hall–Kier alpha value is -1.06. The first-order valence-electron chi connectivity index (χ1n) is 5.43. The number of nitrogens with one attached hydrogen (secondary N) is 1. The Morgan fingerprint density at radius 2 is 2.18 bits per heavy atom. The van der Waals surface area contributed by atoms with Gasteiger partial charge in [0.2, 0.25) is 0 Å². The average Bonchev–Trinajstić information content (AvgIpc) is 2.53. The van der Waals surface area contributed by atoms with Crippen LogP contribution in [0.1, 0.15) is 28.8 Å². The summed E-state index contributed by atoms with van der Waals surface area (Å²) in [7, 11) is 0. The van der Waals surface area contributed by atoms with E-state index < -0.39 is 0 Å². The van der Waals surface area contributed by atoms with E-state index in [2.05, 4.69) is 10.3 Å². The second-order valence-electron chi connectivity index (χ2n) is 4.39. The maximum atomic E-state index is 12.0. The lowest BCUT2D eigenvalue weighted by molar-refractivity contribution is 0.0928.